The molecule has 0 aliphatic heterocycles. The van der Waals surface area contributed by atoms with Crippen LogP contribution in [0.1, 0.15) is 42.4 Å². The largest absolute Gasteiger partial charge is 0.294 e. The molecule has 0 aliphatic carbocycles. The van der Waals surface area contributed by atoms with Gasteiger partial charge in [0.15, 0.2) is 5.78 Å². The number of hydrogen-bond acceptors (Lipinski definition) is 2. The Kier molecular flexibility index (Phi) is 4.45. The van der Waals surface area contributed by atoms with E-state index in [9.17, 15) is 18.0 Å². The lowest BCUT2D eigenvalue weighted by atomic mass is 10.1. The molecule has 0 aliphatic rings. The van der Waals surface area contributed by atoms with E-state index >= 15 is 0 Å². The van der Waals surface area contributed by atoms with Crippen molar-refractivity contribution in [2.45, 2.75) is 32.7 Å². The minimum absolute atomic E-state index is 0.174. The molecule has 0 fully saturated rings. The Morgan fingerprint density at radius 2 is 1.90 bits per heavy atom. The molecule has 0 spiro atoms. The topological polar surface area (TPSA) is 34.9 Å². The zero-order chi connectivity index (χ0) is 15.6. The van der Waals surface area contributed by atoms with E-state index < -0.39 is 28.8 Å². The summed E-state index contributed by atoms with van der Waals surface area (Å²) in [6, 6.07) is 2.79. The van der Waals surface area contributed by atoms with E-state index in [0.717, 1.165) is 6.42 Å². The molecule has 2 rings (SSSR count). The van der Waals surface area contributed by atoms with E-state index in [1.165, 1.54) is 0 Å². The first kappa shape index (κ1) is 15.3. The molecule has 0 saturated carbocycles. The third kappa shape index (κ3) is 3.32. The van der Waals surface area contributed by atoms with Crippen LogP contribution >= 0.6 is 0 Å². The van der Waals surface area contributed by atoms with E-state index in [1.807, 2.05) is 13.8 Å². The van der Waals surface area contributed by atoms with Gasteiger partial charge in [-0.15, -0.1) is 0 Å². The number of carbonyl (C=O) groups excluding carboxylic acids is 1. The van der Waals surface area contributed by atoms with E-state index in [2.05, 4.69) is 5.10 Å². The van der Waals surface area contributed by atoms with Crippen LogP contribution in [-0.2, 0) is 6.42 Å². The summed E-state index contributed by atoms with van der Waals surface area (Å²) in [4.78, 5) is 12.0. The average molecular weight is 296 g/mol. The van der Waals surface area contributed by atoms with E-state index in [1.54, 1.807) is 16.9 Å². The summed E-state index contributed by atoms with van der Waals surface area (Å²) >= 11 is 0. The van der Waals surface area contributed by atoms with E-state index in [0.29, 0.717) is 17.8 Å². The maximum Gasteiger partial charge on any atom is 0.174 e. The van der Waals surface area contributed by atoms with Crippen molar-refractivity contribution in [3.8, 4) is 0 Å². The van der Waals surface area contributed by atoms with Crippen LogP contribution < -0.4 is 0 Å². The van der Waals surface area contributed by atoms with Crippen molar-refractivity contribution >= 4 is 5.78 Å². The Bertz CT molecular complexity index is 644. The van der Waals surface area contributed by atoms with Gasteiger partial charge >= 0.3 is 0 Å². The van der Waals surface area contributed by atoms with Gasteiger partial charge in [0, 0.05) is 24.4 Å². The molecular formula is C15H15F3N2O. The van der Waals surface area contributed by atoms with Crippen molar-refractivity contribution in [2.75, 3.05) is 0 Å². The van der Waals surface area contributed by atoms with Crippen molar-refractivity contribution in [3.63, 3.8) is 0 Å². The standard InChI is InChI=1S/C15H15F3N2O/c1-3-9(2)20-5-4-11(19-20)8-14(21)15-12(17)6-10(16)7-13(15)18/h4-7,9H,3,8H2,1-2H3. The third-order valence-electron chi connectivity index (χ3n) is 3.33. The highest BCUT2D eigenvalue weighted by Crippen LogP contribution is 2.17. The van der Waals surface area contributed by atoms with Gasteiger partial charge < -0.3 is 0 Å². The summed E-state index contributed by atoms with van der Waals surface area (Å²) in [5.74, 6) is -4.21. The summed E-state index contributed by atoms with van der Waals surface area (Å²) in [6.07, 6.45) is 2.35. The van der Waals surface area contributed by atoms with Crippen LogP contribution in [0.2, 0.25) is 0 Å². The average Bonchev–Trinajstić information content (AvgIpc) is 2.85. The van der Waals surface area contributed by atoms with Crippen LogP contribution in [0.4, 0.5) is 13.2 Å². The molecule has 0 saturated heterocycles. The van der Waals surface area contributed by atoms with E-state index in [-0.39, 0.29) is 12.5 Å². The van der Waals surface area contributed by atoms with Gasteiger partial charge in [-0.2, -0.15) is 5.10 Å². The second-order valence-corrected chi connectivity index (χ2v) is 4.89. The molecule has 6 heteroatoms. The molecule has 1 atom stereocenters. The van der Waals surface area contributed by atoms with Crippen molar-refractivity contribution in [2.24, 2.45) is 0 Å². The molecule has 3 nitrogen and oxygen atoms in total. The fourth-order valence-corrected chi connectivity index (χ4v) is 1.97. The number of halogens is 3. The smallest absolute Gasteiger partial charge is 0.174 e. The Hall–Kier alpha value is -2.11. The van der Waals surface area contributed by atoms with Crippen LogP contribution in [0.15, 0.2) is 24.4 Å². The van der Waals surface area contributed by atoms with Crippen molar-refractivity contribution < 1.29 is 18.0 Å². The Morgan fingerprint density at radius 1 is 1.29 bits per heavy atom. The molecule has 1 heterocycles. The van der Waals surface area contributed by atoms with Crippen LogP contribution in [0.25, 0.3) is 0 Å². The number of carbonyl (C=O) groups is 1. The zero-order valence-corrected chi connectivity index (χ0v) is 11.7. The molecule has 21 heavy (non-hydrogen) atoms. The van der Waals surface area contributed by atoms with Gasteiger partial charge in [-0.25, -0.2) is 13.2 Å². The Labute approximate surface area is 120 Å². The fourth-order valence-electron chi connectivity index (χ4n) is 1.97. The van der Waals surface area contributed by atoms with Gasteiger partial charge in [-0.05, 0) is 19.4 Å². The van der Waals surface area contributed by atoms with Crippen LogP contribution in [0, 0.1) is 17.5 Å². The maximum absolute atomic E-state index is 13.5. The van der Waals surface area contributed by atoms with Gasteiger partial charge in [0.05, 0.1) is 17.7 Å². The molecule has 1 aromatic heterocycles. The molecule has 0 bridgehead atoms. The number of rotatable bonds is 5. The minimum atomic E-state index is -1.20. The first-order valence-corrected chi connectivity index (χ1v) is 6.64. The monoisotopic (exact) mass is 296 g/mol. The highest BCUT2D eigenvalue weighted by Gasteiger charge is 2.20. The molecule has 0 amide bonds. The zero-order valence-electron chi connectivity index (χ0n) is 11.7. The maximum atomic E-state index is 13.5. The van der Waals surface area contributed by atoms with Crippen LogP contribution in [0.5, 0.6) is 0 Å². The van der Waals surface area contributed by atoms with Gasteiger partial charge in [0.2, 0.25) is 0 Å². The fraction of sp³-hybridized carbons (Fsp3) is 0.333. The summed E-state index contributed by atoms with van der Waals surface area (Å²) in [5.41, 5.74) is -0.307. The van der Waals surface area contributed by atoms with Crippen LogP contribution in [0.3, 0.4) is 0 Å². The van der Waals surface area contributed by atoms with Gasteiger partial charge in [0.25, 0.3) is 0 Å². The SMILES string of the molecule is CCC(C)n1ccc(CC(=O)c2c(F)cc(F)cc2F)n1. The normalized spacial score (nSPS) is 12.4. The van der Waals surface area contributed by atoms with Gasteiger partial charge in [0.1, 0.15) is 17.5 Å². The molecule has 0 radical (unpaired) electrons. The number of hydrogen-bond donors (Lipinski definition) is 0. The molecule has 112 valence electrons. The second-order valence-electron chi connectivity index (χ2n) is 4.89. The first-order valence-electron chi connectivity index (χ1n) is 6.64. The highest BCUT2D eigenvalue weighted by atomic mass is 19.1. The number of aromatic nitrogens is 2. The summed E-state index contributed by atoms with van der Waals surface area (Å²) in [5, 5.41) is 4.20. The van der Waals surface area contributed by atoms with Crippen molar-refractivity contribution in [1.82, 2.24) is 9.78 Å². The van der Waals surface area contributed by atoms with Crippen molar-refractivity contribution in [3.05, 3.63) is 53.1 Å². The number of Topliss-reactive ketones (excluding diaryl/α,β-unsaturated/α-hetero) is 1. The predicted molar refractivity (Wildman–Crippen MR) is 71.6 cm³/mol. The predicted octanol–water partition coefficient (Wildman–Crippen LogP) is 3.70. The first-order chi connectivity index (χ1) is 9.92. The van der Waals surface area contributed by atoms with Crippen LogP contribution in [-0.4, -0.2) is 15.6 Å². The Balaban J connectivity index is 2.21. The molecule has 1 unspecified atom stereocenters. The lowest BCUT2D eigenvalue weighted by molar-refractivity contribution is 0.0983. The van der Waals surface area contributed by atoms with Gasteiger partial charge in [-0.3, -0.25) is 9.48 Å². The van der Waals surface area contributed by atoms with Crippen molar-refractivity contribution in [1.29, 1.82) is 0 Å². The second kappa shape index (κ2) is 6.11. The van der Waals surface area contributed by atoms with E-state index in [4.69, 9.17) is 0 Å². The van der Waals surface area contributed by atoms with Gasteiger partial charge in [-0.1, -0.05) is 6.92 Å². The molecule has 2 aromatic rings. The molecular weight excluding hydrogens is 281 g/mol. The lowest BCUT2D eigenvalue weighted by Gasteiger charge is -2.08. The third-order valence-corrected chi connectivity index (χ3v) is 3.33. The number of nitrogens with zero attached hydrogens (tertiary/aromatic N) is 2. The molecule has 0 N–H and O–H groups in total. The Morgan fingerprint density at radius 3 is 2.48 bits per heavy atom. The minimum Gasteiger partial charge on any atom is -0.294 e. The number of ketones is 1. The summed E-state index contributed by atoms with van der Waals surface area (Å²) in [6.45, 7) is 3.97. The lowest BCUT2D eigenvalue weighted by Crippen LogP contribution is -2.11. The number of benzene rings is 1. The highest BCUT2D eigenvalue weighted by molar-refractivity contribution is 5.97. The summed E-state index contributed by atoms with van der Waals surface area (Å²) < 4.78 is 41.6. The quantitative estimate of drug-likeness (QED) is 0.789. The molecule has 1 aromatic carbocycles. The summed E-state index contributed by atoms with van der Waals surface area (Å²) in [7, 11) is 0.